The fourth-order valence-electron chi connectivity index (χ4n) is 0.394. The van der Waals surface area contributed by atoms with Gasteiger partial charge in [0.2, 0.25) is 0 Å². The SMILES string of the molecule is [CH2]C(C)(C)NCCO. The van der Waals surface area contributed by atoms with Gasteiger partial charge < -0.3 is 10.4 Å². The first-order valence-electron chi connectivity index (χ1n) is 2.77. The van der Waals surface area contributed by atoms with Crippen LogP contribution in [0.1, 0.15) is 13.8 Å². The molecule has 0 saturated heterocycles. The van der Waals surface area contributed by atoms with E-state index in [0.29, 0.717) is 6.54 Å². The zero-order valence-corrected chi connectivity index (χ0v) is 5.57. The molecule has 0 aliphatic heterocycles. The highest BCUT2D eigenvalue weighted by atomic mass is 16.3. The summed E-state index contributed by atoms with van der Waals surface area (Å²) >= 11 is 0. The number of nitrogens with one attached hydrogen (secondary N) is 1. The molecule has 0 amide bonds. The van der Waals surface area contributed by atoms with Gasteiger partial charge in [0.25, 0.3) is 0 Å². The molecule has 0 aliphatic rings. The summed E-state index contributed by atoms with van der Waals surface area (Å²) in [4.78, 5) is 0. The van der Waals surface area contributed by atoms with E-state index in [1.165, 1.54) is 0 Å². The van der Waals surface area contributed by atoms with Crippen LogP contribution in [-0.2, 0) is 0 Å². The third-order valence-electron chi connectivity index (χ3n) is 0.715. The molecule has 0 unspecified atom stereocenters. The molecule has 0 saturated carbocycles. The lowest BCUT2D eigenvalue weighted by molar-refractivity contribution is 0.277. The van der Waals surface area contributed by atoms with Gasteiger partial charge in [-0.2, -0.15) is 0 Å². The van der Waals surface area contributed by atoms with Gasteiger partial charge in [-0.25, -0.2) is 0 Å². The van der Waals surface area contributed by atoms with Crippen molar-refractivity contribution in [1.82, 2.24) is 5.32 Å². The van der Waals surface area contributed by atoms with Crippen LogP contribution in [0, 0.1) is 6.92 Å². The lowest BCUT2D eigenvalue weighted by atomic mass is 10.1. The monoisotopic (exact) mass is 116 g/mol. The van der Waals surface area contributed by atoms with Crippen LogP contribution in [0.15, 0.2) is 0 Å². The number of hydrogen-bond donors (Lipinski definition) is 2. The smallest absolute Gasteiger partial charge is 0.0556 e. The molecule has 0 aromatic rings. The Morgan fingerprint density at radius 1 is 1.62 bits per heavy atom. The highest BCUT2D eigenvalue weighted by molar-refractivity contribution is 4.78. The van der Waals surface area contributed by atoms with Gasteiger partial charge in [-0.1, -0.05) is 0 Å². The Balaban J connectivity index is 3.11. The van der Waals surface area contributed by atoms with Crippen molar-refractivity contribution in [2.45, 2.75) is 19.4 Å². The summed E-state index contributed by atoms with van der Waals surface area (Å²) < 4.78 is 0. The molecule has 2 heteroatoms. The molecule has 49 valence electrons. The Hall–Kier alpha value is -0.0800. The van der Waals surface area contributed by atoms with Gasteiger partial charge in [0.05, 0.1) is 6.61 Å². The van der Waals surface area contributed by atoms with E-state index in [2.05, 4.69) is 12.2 Å². The minimum absolute atomic E-state index is 0.108. The molecule has 0 aliphatic carbocycles. The maximum absolute atomic E-state index is 8.34. The van der Waals surface area contributed by atoms with E-state index in [-0.39, 0.29) is 12.1 Å². The molecule has 0 atom stereocenters. The second-order valence-corrected chi connectivity index (χ2v) is 2.53. The lowest BCUT2D eigenvalue weighted by Gasteiger charge is -2.18. The third-order valence-corrected chi connectivity index (χ3v) is 0.715. The van der Waals surface area contributed by atoms with Crippen LogP contribution in [0.3, 0.4) is 0 Å². The Labute approximate surface area is 50.9 Å². The fourth-order valence-corrected chi connectivity index (χ4v) is 0.394. The van der Waals surface area contributed by atoms with Crippen molar-refractivity contribution in [1.29, 1.82) is 0 Å². The van der Waals surface area contributed by atoms with E-state index >= 15 is 0 Å². The van der Waals surface area contributed by atoms with E-state index in [9.17, 15) is 0 Å². The van der Waals surface area contributed by atoms with E-state index in [4.69, 9.17) is 5.11 Å². The van der Waals surface area contributed by atoms with Crippen molar-refractivity contribution in [3.05, 3.63) is 6.92 Å². The van der Waals surface area contributed by atoms with Crippen LogP contribution in [0.25, 0.3) is 0 Å². The Morgan fingerprint density at radius 2 is 2.12 bits per heavy atom. The van der Waals surface area contributed by atoms with E-state index in [0.717, 1.165) is 0 Å². The van der Waals surface area contributed by atoms with Gasteiger partial charge in [-0.05, 0) is 20.8 Å². The minimum atomic E-state index is -0.108. The summed E-state index contributed by atoms with van der Waals surface area (Å²) in [5, 5.41) is 11.3. The number of aliphatic hydroxyl groups is 1. The molecule has 0 heterocycles. The van der Waals surface area contributed by atoms with E-state index in [1.54, 1.807) is 0 Å². The van der Waals surface area contributed by atoms with E-state index < -0.39 is 0 Å². The second kappa shape index (κ2) is 3.05. The van der Waals surface area contributed by atoms with Crippen molar-refractivity contribution in [3.8, 4) is 0 Å². The van der Waals surface area contributed by atoms with Crippen LogP contribution in [-0.4, -0.2) is 23.8 Å². The average Bonchev–Trinajstić information content (AvgIpc) is 1.59. The zero-order chi connectivity index (χ0) is 6.62. The van der Waals surface area contributed by atoms with Gasteiger partial charge in [0.15, 0.2) is 0 Å². The highest BCUT2D eigenvalue weighted by Crippen LogP contribution is 1.95. The molecule has 0 spiro atoms. The zero-order valence-electron chi connectivity index (χ0n) is 5.57. The normalized spacial score (nSPS) is 12.0. The summed E-state index contributed by atoms with van der Waals surface area (Å²) in [5.74, 6) is 0. The summed E-state index contributed by atoms with van der Waals surface area (Å²) in [6.07, 6.45) is 0. The Bertz CT molecular complexity index is 56.0. The topological polar surface area (TPSA) is 32.3 Å². The predicted molar refractivity (Wildman–Crippen MR) is 34.5 cm³/mol. The summed E-state index contributed by atoms with van der Waals surface area (Å²) in [7, 11) is 0. The van der Waals surface area contributed by atoms with Gasteiger partial charge in [-0.15, -0.1) is 0 Å². The molecule has 0 fully saturated rings. The Morgan fingerprint density at radius 3 is 2.25 bits per heavy atom. The first-order chi connectivity index (χ1) is 3.56. The maximum Gasteiger partial charge on any atom is 0.0556 e. The highest BCUT2D eigenvalue weighted by Gasteiger charge is 2.06. The first kappa shape index (κ1) is 7.92. The first-order valence-corrected chi connectivity index (χ1v) is 2.77. The molecular weight excluding hydrogens is 102 g/mol. The number of hydrogen-bond acceptors (Lipinski definition) is 2. The van der Waals surface area contributed by atoms with Gasteiger partial charge in [-0.3, -0.25) is 0 Å². The standard InChI is InChI=1S/C6H14NO/c1-6(2,3)7-4-5-8/h7-8H,1,4-5H2,2-3H3. The summed E-state index contributed by atoms with van der Waals surface area (Å²) in [6, 6.07) is 0. The number of aliphatic hydroxyl groups excluding tert-OH is 1. The largest absolute Gasteiger partial charge is 0.395 e. The van der Waals surface area contributed by atoms with Crippen LogP contribution in [0.2, 0.25) is 0 Å². The molecule has 0 rings (SSSR count). The van der Waals surface area contributed by atoms with Gasteiger partial charge in [0.1, 0.15) is 0 Å². The van der Waals surface area contributed by atoms with Gasteiger partial charge in [0, 0.05) is 12.1 Å². The second-order valence-electron chi connectivity index (χ2n) is 2.53. The molecule has 2 N–H and O–H groups in total. The lowest BCUT2D eigenvalue weighted by Crippen LogP contribution is -2.37. The molecule has 0 aromatic carbocycles. The van der Waals surface area contributed by atoms with Crippen LogP contribution < -0.4 is 5.32 Å². The Kier molecular flexibility index (Phi) is 3.02. The number of β-amino-alcohol motifs (C(OH)–C–C–N with tert-alkyl or cyclic N) is 1. The summed E-state index contributed by atoms with van der Waals surface area (Å²) in [6.45, 7) is 8.51. The predicted octanol–water partition coefficient (Wildman–Crippen LogP) is 0.181. The molecule has 2 nitrogen and oxygen atoms in total. The molecule has 8 heavy (non-hydrogen) atoms. The van der Waals surface area contributed by atoms with E-state index in [1.807, 2.05) is 13.8 Å². The van der Waals surface area contributed by atoms with Gasteiger partial charge >= 0.3 is 0 Å². The van der Waals surface area contributed by atoms with Crippen molar-refractivity contribution in [3.63, 3.8) is 0 Å². The number of rotatable bonds is 3. The average molecular weight is 116 g/mol. The van der Waals surface area contributed by atoms with Crippen molar-refractivity contribution < 1.29 is 5.11 Å². The molecule has 0 aromatic heterocycles. The van der Waals surface area contributed by atoms with Crippen LogP contribution >= 0.6 is 0 Å². The molecule has 0 bridgehead atoms. The van der Waals surface area contributed by atoms with Crippen molar-refractivity contribution in [2.75, 3.05) is 13.2 Å². The van der Waals surface area contributed by atoms with Crippen molar-refractivity contribution >= 4 is 0 Å². The fraction of sp³-hybridized carbons (Fsp3) is 0.833. The minimum Gasteiger partial charge on any atom is -0.395 e. The quantitative estimate of drug-likeness (QED) is 0.551. The maximum atomic E-state index is 8.34. The molecular formula is C6H14NO. The van der Waals surface area contributed by atoms with Crippen molar-refractivity contribution in [2.24, 2.45) is 0 Å². The van der Waals surface area contributed by atoms with Crippen LogP contribution in [0.5, 0.6) is 0 Å². The molecule has 1 radical (unpaired) electrons. The summed E-state index contributed by atoms with van der Waals surface area (Å²) in [5.41, 5.74) is -0.108. The third kappa shape index (κ3) is 5.92. The van der Waals surface area contributed by atoms with Crippen LogP contribution in [0.4, 0.5) is 0 Å².